The predicted octanol–water partition coefficient (Wildman–Crippen LogP) is 1.75. The number of hydrogen-bond donors (Lipinski definition) is 2. The van der Waals surface area contributed by atoms with Gasteiger partial charge in [-0.1, -0.05) is 24.1 Å². The molecular weight excluding hydrogens is 242 g/mol. The van der Waals surface area contributed by atoms with Crippen LogP contribution in [0.4, 0.5) is 0 Å². The summed E-state index contributed by atoms with van der Waals surface area (Å²) in [5.41, 5.74) is 0. The Morgan fingerprint density at radius 3 is 2.53 bits per heavy atom. The molecule has 4 heteroatoms. The summed E-state index contributed by atoms with van der Waals surface area (Å²) >= 11 is 0. The molecule has 19 heavy (non-hydrogen) atoms. The molecule has 0 fully saturated rings. The maximum absolute atomic E-state index is 10.3. The molecule has 2 N–H and O–H groups in total. The van der Waals surface area contributed by atoms with Crippen molar-refractivity contribution >= 4 is 0 Å². The van der Waals surface area contributed by atoms with E-state index in [1.807, 2.05) is 44.2 Å². The van der Waals surface area contributed by atoms with Crippen molar-refractivity contribution in [1.29, 1.82) is 0 Å². The lowest BCUT2D eigenvalue weighted by Crippen LogP contribution is -2.56. The van der Waals surface area contributed by atoms with Gasteiger partial charge in [-0.15, -0.1) is 6.42 Å². The Labute approximate surface area is 114 Å². The Bertz CT molecular complexity index is 409. The zero-order valence-electron chi connectivity index (χ0n) is 11.6. The summed E-state index contributed by atoms with van der Waals surface area (Å²) in [5, 5.41) is 13.4. The van der Waals surface area contributed by atoms with E-state index in [1.165, 1.54) is 6.92 Å². The van der Waals surface area contributed by atoms with Gasteiger partial charge in [0.15, 0.2) is 0 Å². The highest BCUT2D eigenvalue weighted by Crippen LogP contribution is 2.18. The van der Waals surface area contributed by atoms with Crippen LogP contribution in [0.15, 0.2) is 30.3 Å². The third-order valence-corrected chi connectivity index (χ3v) is 2.42. The van der Waals surface area contributed by atoms with E-state index in [4.69, 9.17) is 15.9 Å². The van der Waals surface area contributed by atoms with Crippen LogP contribution in [0.25, 0.3) is 0 Å². The highest BCUT2D eigenvalue weighted by Gasteiger charge is 2.35. The average molecular weight is 263 g/mol. The van der Waals surface area contributed by atoms with E-state index < -0.39 is 12.0 Å². The second-order valence-electron chi connectivity index (χ2n) is 4.68. The molecule has 1 aromatic rings. The third kappa shape index (κ3) is 5.31. The van der Waals surface area contributed by atoms with Gasteiger partial charge in [0.1, 0.15) is 12.4 Å². The van der Waals surface area contributed by atoms with Gasteiger partial charge in [0.05, 0.1) is 0 Å². The van der Waals surface area contributed by atoms with Crippen molar-refractivity contribution in [2.45, 2.75) is 38.8 Å². The monoisotopic (exact) mass is 263 g/mol. The summed E-state index contributed by atoms with van der Waals surface area (Å²) in [6.07, 6.45) is 4.42. The molecule has 0 aliphatic rings. The smallest absolute Gasteiger partial charge is 0.215 e. The molecule has 0 saturated heterocycles. The summed E-state index contributed by atoms with van der Waals surface area (Å²) in [4.78, 5) is 0. The maximum atomic E-state index is 10.3. The zero-order chi connectivity index (χ0) is 14.3. The minimum Gasteiger partial charge on any atom is -0.470 e. The van der Waals surface area contributed by atoms with Crippen molar-refractivity contribution in [2.24, 2.45) is 0 Å². The van der Waals surface area contributed by atoms with Gasteiger partial charge < -0.3 is 14.6 Å². The lowest BCUT2D eigenvalue weighted by Gasteiger charge is -2.34. The number of benzene rings is 1. The topological polar surface area (TPSA) is 50.7 Å². The van der Waals surface area contributed by atoms with E-state index in [0.29, 0.717) is 5.75 Å². The van der Waals surface area contributed by atoms with E-state index in [0.717, 1.165) is 0 Å². The normalized spacial score (nSPS) is 15.6. The van der Waals surface area contributed by atoms with Crippen LogP contribution in [-0.4, -0.2) is 29.8 Å². The van der Waals surface area contributed by atoms with Crippen molar-refractivity contribution in [1.82, 2.24) is 5.32 Å². The van der Waals surface area contributed by atoms with Crippen molar-refractivity contribution in [3.63, 3.8) is 0 Å². The molecule has 0 bridgehead atoms. The number of para-hydroxylation sites is 1. The van der Waals surface area contributed by atoms with Crippen LogP contribution in [0.1, 0.15) is 20.8 Å². The van der Waals surface area contributed by atoms with Crippen molar-refractivity contribution < 1.29 is 14.6 Å². The lowest BCUT2D eigenvalue weighted by atomic mass is 10.2. The van der Waals surface area contributed by atoms with Gasteiger partial charge in [-0.3, -0.25) is 5.32 Å². The Balaban J connectivity index is 2.79. The van der Waals surface area contributed by atoms with Crippen LogP contribution in [0.3, 0.4) is 0 Å². The molecule has 0 heterocycles. The quantitative estimate of drug-likeness (QED) is 0.581. The Kier molecular flexibility index (Phi) is 5.84. The molecule has 2 atom stereocenters. The summed E-state index contributed by atoms with van der Waals surface area (Å²) < 4.78 is 11.0. The highest BCUT2D eigenvalue weighted by atomic mass is 16.7. The Morgan fingerprint density at radius 2 is 2.00 bits per heavy atom. The summed E-state index contributed by atoms with van der Waals surface area (Å²) in [7, 11) is 0. The van der Waals surface area contributed by atoms with Crippen LogP contribution >= 0.6 is 0 Å². The largest absolute Gasteiger partial charge is 0.470 e. The van der Waals surface area contributed by atoms with Crippen molar-refractivity contribution in [3.05, 3.63) is 30.3 Å². The first kappa shape index (κ1) is 15.5. The van der Waals surface area contributed by atoms with E-state index >= 15 is 0 Å². The molecule has 0 saturated carbocycles. The number of aliphatic hydroxyl groups is 1. The number of terminal acetylenes is 1. The van der Waals surface area contributed by atoms with Crippen molar-refractivity contribution in [3.8, 4) is 18.1 Å². The number of hydrogen-bond acceptors (Lipinski definition) is 4. The molecule has 0 aromatic heterocycles. The molecule has 104 valence electrons. The van der Waals surface area contributed by atoms with E-state index in [9.17, 15) is 5.11 Å². The van der Waals surface area contributed by atoms with Gasteiger partial charge in [-0.2, -0.15) is 0 Å². The van der Waals surface area contributed by atoms with Gasteiger partial charge in [0.25, 0.3) is 0 Å². The Hall–Kier alpha value is -1.54. The number of ether oxygens (including phenoxy) is 2. The molecule has 0 radical (unpaired) electrons. The van der Waals surface area contributed by atoms with Crippen molar-refractivity contribution in [2.75, 3.05) is 6.61 Å². The summed E-state index contributed by atoms with van der Waals surface area (Å²) in [6.45, 7) is 5.45. The average Bonchev–Trinajstić information content (AvgIpc) is 2.36. The fourth-order valence-corrected chi connectivity index (χ4v) is 1.50. The molecule has 4 nitrogen and oxygen atoms in total. The zero-order valence-corrected chi connectivity index (χ0v) is 11.6. The molecule has 0 aliphatic heterocycles. The number of nitrogens with one attached hydrogen (secondary N) is 1. The summed E-state index contributed by atoms with van der Waals surface area (Å²) in [5.74, 6) is 1.45. The van der Waals surface area contributed by atoms with E-state index in [1.54, 1.807) is 0 Å². The van der Waals surface area contributed by atoms with Crippen LogP contribution < -0.4 is 10.1 Å². The Morgan fingerprint density at radius 1 is 1.37 bits per heavy atom. The first-order valence-electron chi connectivity index (χ1n) is 6.23. The molecule has 2 unspecified atom stereocenters. The first-order valence-corrected chi connectivity index (χ1v) is 6.23. The predicted molar refractivity (Wildman–Crippen MR) is 74.5 cm³/mol. The van der Waals surface area contributed by atoms with Gasteiger partial charge in [0, 0.05) is 6.04 Å². The molecule has 0 aliphatic carbocycles. The fraction of sp³-hybridized carbons (Fsp3) is 0.467. The van der Waals surface area contributed by atoms with Gasteiger partial charge >= 0.3 is 0 Å². The van der Waals surface area contributed by atoms with Crippen LogP contribution in [-0.2, 0) is 4.74 Å². The van der Waals surface area contributed by atoms with Gasteiger partial charge in [-0.25, -0.2) is 0 Å². The first-order chi connectivity index (χ1) is 8.95. The SMILES string of the molecule is C#CCOC(C)(O)C(NC(C)C)Oc1ccccc1. The maximum Gasteiger partial charge on any atom is 0.215 e. The third-order valence-electron chi connectivity index (χ3n) is 2.42. The lowest BCUT2D eigenvalue weighted by molar-refractivity contribution is -0.239. The highest BCUT2D eigenvalue weighted by molar-refractivity contribution is 5.21. The van der Waals surface area contributed by atoms with Gasteiger partial charge in [0.2, 0.25) is 12.0 Å². The minimum atomic E-state index is -1.52. The second kappa shape index (κ2) is 7.15. The second-order valence-corrected chi connectivity index (χ2v) is 4.68. The summed E-state index contributed by atoms with van der Waals surface area (Å²) in [6, 6.07) is 9.36. The van der Waals surface area contributed by atoms with Crippen LogP contribution in [0.2, 0.25) is 0 Å². The minimum absolute atomic E-state index is 0.0153. The van der Waals surface area contributed by atoms with Crippen LogP contribution in [0.5, 0.6) is 5.75 Å². The fourth-order valence-electron chi connectivity index (χ4n) is 1.50. The standard InChI is InChI=1S/C15H21NO3/c1-5-11-18-15(4,17)14(16-12(2)3)19-13-9-7-6-8-10-13/h1,6-10,12,14,16-17H,11H2,2-4H3. The number of rotatable bonds is 7. The molecule has 0 spiro atoms. The van der Waals surface area contributed by atoms with E-state index in [-0.39, 0.29) is 12.6 Å². The molecule has 0 amide bonds. The molecule has 1 aromatic carbocycles. The van der Waals surface area contributed by atoms with Gasteiger partial charge in [-0.05, 0) is 32.9 Å². The molecule has 1 rings (SSSR count). The van der Waals surface area contributed by atoms with E-state index in [2.05, 4.69) is 11.2 Å². The molecular formula is C15H21NO3. The van der Waals surface area contributed by atoms with Crippen LogP contribution in [0, 0.1) is 12.3 Å².